The molecule has 0 aliphatic heterocycles. The van der Waals surface area contributed by atoms with Crippen molar-refractivity contribution in [1.29, 1.82) is 0 Å². The molecule has 1 N–H and O–H groups in total. The molecule has 1 amide bonds. The fourth-order valence-electron chi connectivity index (χ4n) is 2.70. The van der Waals surface area contributed by atoms with Crippen LogP contribution in [0.3, 0.4) is 0 Å². The molecule has 3 heteroatoms. The van der Waals surface area contributed by atoms with Crippen molar-refractivity contribution in [3.8, 4) is 11.1 Å². The molecule has 3 aromatic rings. The molecular weight excluding hydrogens is 296 g/mol. The summed E-state index contributed by atoms with van der Waals surface area (Å²) in [6, 6.07) is 19.6. The van der Waals surface area contributed by atoms with E-state index in [-0.39, 0.29) is 11.9 Å². The molecule has 24 heavy (non-hydrogen) atoms. The first-order valence-electron chi connectivity index (χ1n) is 8.02. The highest BCUT2D eigenvalue weighted by atomic mass is 16.1. The van der Waals surface area contributed by atoms with Crippen molar-refractivity contribution in [2.45, 2.75) is 19.9 Å². The number of nitrogens with zero attached hydrogens (tertiary/aromatic N) is 1. The summed E-state index contributed by atoms with van der Waals surface area (Å²) in [6.45, 7) is 4.02. The lowest BCUT2D eigenvalue weighted by Crippen LogP contribution is -2.26. The molecule has 3 rings (SSSR count). The molecule has 0 aliphatic carbocycles. The number of carbonyl (C=O) groups is 1. The third-order valence-corrected chi connectivity index (χ3v) is 4.13. The number of benzene rings is 2. The van der Waals surface area contributed by atoms with Crippen LogP contribution in [0.25, 0.3) is 11.1 Å². The van der Waals surface area contributed by atoms with Gasteiger partial charge in [0.05, 0.1) is 6.04 Å². The molecule has 120 valence electrons. The Morgan fingerprint density at radius 1 is 1.00 bits per heavy atom. The molecule has 0 unspecified atom stereocenters. The summed E-state index contributed by atoms with van der Waals surface area (Å²) in [7, 11) is 0. The standard InChI is InChI=1S/C21H20N2O/c1-15-14-22-13-12-20(15)18-8-10-19(11-9-18)21(24)23-16(2)17-6-4-3-5-7-17/h3-14,16H,1-2H3,(H,23,24)/t16-/m1/s1. The van der Waals surface area contributed by atoms with E-state index < -0.39 is 0 Å². The maximum Gasteiger partial charge on any atom is 0.251 e. The Labute approximate surface area is 142 Å². The van der Waals surface area contributed by atoms with Crippen LogP contribution in [0, 0.1) is 6.92 Å². The van der Waals surface area contributed by atoms with E-state index >= 15 is 0 Å². The van der Waals surface area contributed by atoms with Crippen LogP contribution < -0.4 is 5.32 Å². The van der Waals surface area contributed by atoms with E-state index in [0.29, 0.717) is 5.56 Å². The van der Waals surface area contributed by atoms with Gasteiger partial charge in [-0.3, -0.25) is 9.78 Å². The van der Waals surface area contributed by atoms with Gasteiger partial charge in [-0.25, -0.2) is 0 Å². The van der Waals surface area contributed by atoms with E-state index in [2.05, 4.69) is 10.3 Å². The van der Waals surface area contributed by atoms with E-state index in [0.717, 1.165) is 22.3 Å². The Morgan fingerprint density at radius 2 is 1.71 bits per heavy atom. The zero-order chi connectivity index (χ0) is 16.9. The SMILES string of the molecule is Cc1cnccc1-c1ccc(C(=O)N[C@H](C)c2ccccc2)cc1. The average Bonchev–Trinajstić information content (AvgIpc) is 2.63. The number of rotatable bonds is 4. The first kappa shape index (κ1) is 15.9. The summed E-state index contributed by atoms with van der Waals surface area (Å²) < 4.78 is 0. The smallest absolute Gasteiger partial charge is 0.251 e. The van der Waals surface area contributed by atoms with Gasteiger partial charge in [-0.1, -0.05) is 42.5 Å². The number of nitrogens with one attached hydrogen (secondary N) is 1. The molecule has 1 aromatic heterocycles. The zero-order valence-corrected chi connectivity index (χ0v) is 13.9. The number of carbonyl (C=O) groups excluding carboxylic acids is 1. The van der Waals surface area contributed by atoms with Crippen LogP contribution in [0.5, 0.6) is 0 Å². The van der Waals surface area contributed by atoms with E-state index in [9.17, 15) is 4.79 Å². The molecule has 0 saturated carbocycles. The fraction of sp³-hybridized carbons (Fsp3) is 0.143. The Balaban J connectivity index is 1.74. The molecule has 0 fully saturated rings. The minimum Gasteiger partial charge on any atom is -0.346 e. The average molecular weight is 316 g/mol. The Morgan fingerprint density at radius 3 is 2.38 bits per heavy atom. The number of amides is 1. The van der Waals surface area contributed by atoms with Crippen LogP contribution in [0.4, 0.5) is 0 Å². The van der Waals surface area contributed by atoms with E-state index in [1.54, 1.807) is 6.20 Å². The Bertz CT molecular complexity index is 826. The van der Waals surface area contributed by atoms with E-state index in [1.807, 2.05) is 80.7 Å². The third-order valence-electron chi connectivity index (χ3n) is 4.13. The van der Waals surface area contributed by atoms with Gasteiger partial charge >= 0.3 is 0 Å². The first-order chi connectivity index (χ1) is 11.6. The summed E-state index contributed by atoms with van der Waals surface area (Å²) in [5, 5.41) is 3.03. The molecule has 0 aliphatic rings. The lowest BCUT2D eigenvalue weighted by atomic mass is 10.0. The fourth-order valence-corrected chi connectivity index (χ4v) is 2.70. The van der Waals surface area contributed by atoms with Crippen LogP contribution in [-0.2, 0) is 0 Å². The van der Waals surface area contributed by atoms with Crippen molar-refractivity contribution in [3.63, 3.8) is 0 Å². The number of aromatic nitrogens is 1. The number of hydrogen-bond donors (Lipinski definition) is 1. The van der Waals surface area contributed by atoms with Gasteiger partial charge in [0.15, 0.2) is 0 Å². The normalized spacial score (nSPS) is 11.8. The van der Waals surface area contributed by atoms with Crippen molar-refractivity contribution in [3.05, 3.63) is 89.7 Å². The van der Waals surface area contributed by atoms with Crippen LogP contribution >= 0.6 is 0 Å². The van der Waals surface area contributed by atoms with Crippen molar-refractivity contribution in [2.75, 3.05) is 0 Å². The molecule has 0 radical (unpaired) electrons. The van der Waals surface area contributed by atoms with Gasteiger partial charge in [0.1, 0.15) is 0 Å². The second-order valence-corrected chi connectivity index (χ2v) is 5.87. The van der Waals surface area contributed by atoms with Crippen LogP contribution in [0.15, 0.2) is 73.1 Å². The van der Waals surface area contributed by atoms with Crippen molar-refractivity contribution in [1.82, 2.24) is 10.3 Å². The lowest BCUT2D eigenvalue weighted by molar-refractivity contribution is 0.0940. The molecular formula is C21H20N2O. The highest BCUT2D eigenvalue weighted by molar-refractivity contribution is 5.95. The molecule has 2 aromatic carbocycles. The summed E-state index contributed by atoms with van der Waals surface area (Å²) in [5.41, 5.74) is 5.09. The quantitative estimate of drug-likeness (QED) is 0.767. The highest BCUT2D eigenvalue weighted by Crippen LogP contribution is 2.22. The topological polar surface area (TPSA) is 42.0 Å². The Hall–Kier alpha value is -2.94. The molecule has 0 spiro atoms. The van der Waals surface area contributed by atoms with Gasteiger partial charge in [-0.05, 0) is 54.3 Å². The van der Waals surface area contributed by atoms with Crippen molar-refractivity contribution < 1.29 is 4.79 Å². The predicted octanol–water partition coefficient (Wildman–Crippen LogP) is 4.55. The number of hydrogen-bond acceptors (Lipinski definition) is 2. The maximum absolute atomic E-state index is 12.4. The lowest BCUT2D eigenvalue weighted by Gasteiger charge is -2.14. The minimum atomic E-state index is -0.0654. The molecule has 0 bridgehead atoms. The summed E-state index contributed by atoms with van der Waals surface area (Å²) in [4.78, 5) is 16.5. The van der Waals surface area contributed by atoms with Crippen molar-refractivity contribution >= 4 is 5.91 Å². The second-order valence-electron chi connectivity index (χ2n) is 5.87. The largest absolute Gasteiger partial charge is 0.346 e. The Kier molecular flexibility index (Phi) is 4.71. The van der Waals surface area contributed by atoms with Gasteiger partial charge in [0.2, 0.25) is 0 Å². The van der Waals surface area contributed by atoms with E-state index in [1.165, 1.54) is 0 Å². The molecule has 1 heterocycles. The molecule has 1 atom stereocenters. The second kappa shape index (κ2) is 7.09. The van der Waals surface area contributed by atoms with Gasteiger partial charge in [-0.2, -0.15) is 0 Å². The number of pyridine rings is 1. The van der Waals surface area contributed by atoms with Gasteiger partial charge < -0.3 is 5.32 Å². The van der Waals surface area contributed by atoms with E-state index in [4.69, 9.17) is 0 Å². The van der Waals surface area contributed by atoms with Crippen LogP contribution in [0.2, 0.25) is 0 Å². The van der Waals surface area contributed by atoms with Gasteiger partial charge in [-0.15, -0.1) is 0 Å². The monoisotopic (exact) mass is 316 g/mol. The highest BCUT2D eigenvalue weighted by Gasteiger charge is 2.11. The van der Waals surface area contributed by atoms with Gasteiger partial charge in [0, 0.05) is 18.0 Å². The van der Waals surface area contributed by atoms with Gasteiger partial charge in [0.25, 0.3) is 5.91 Å². The van der Waals surface area contributed by atoms with Crippen LogP contribution in [-0.4, -0.2) is 10.9 Å². The maximum atomic E-state index is 12.4. The third kappa shape index (κ3) is 3.51. The van der Waals surface area contributed by atoms with Crippen molar-refractivity contribution in [2.24, 2.45) is 0 Å². The summed E-state index contributed by atoms with van der Waals surface area (Å²) in [5.74, 6) is -0.0654. The zero-order valence-electron chi connectivity index (χ0n) is 13.9. The predicted molar refractivity (Wildman–Crippen MR) is 96.7 cm³/mol. The molecule has 3 nitrogen and oxygen atoms in total. The minimum absolute atomic E-state index is 0.0270. The first-order valence-corrected chi connectivity index (χ1v) is 8.02. The molecule has 0 saturated heterocycles. The number of aryl methyl sites for hydroxylation is 1. The van der Waals surface area contributed by atoms with Crippen LogP contribution in [0.1, 0.15) is 34.5 Å². The summed E-state index contributed by atoms with van der Waals surface area (Å²) >= 11 is 0. The summed E-state index contributed by atoms with van der Waals surface area (Å²) in [6.07, 6.45) is 3.63.